The van der Waals surface area contributed by atoms with Crippen LogP contribution in [0.4, 0.5) is 0 Å². The molecule has 0 aromatic rings. The van der Waals surface area contributed by atoms with E-state index in [0.29, 0.717) is 19.4 Å². The van der Waals surface area contributed by atoms with E-state index in [0.717, 1.165) is 44.9 Å². The van der Waals surface area contributed by atoms with E-state index in [4.69, 9.17) is 9.84 Å². The van der Waals surface area contributed by atoms with Crippen LogP contribution in [0.2, 0.25) is 0 Å². The van der Waals surface area contributed by atoms with E-state index in [1.54, 1.807) is 0 Å². The van der Waals surface area contributed by atoms with Gasteiger partial charge in [0, 0.05) is 0 Å². The Morgan fingerprint density at radius 1 is 1.10 bits per heavy atom. The molecule has 1 rings (SSSR count). The normalized spacial score (nSPS) is 22.3. The molecular weight excluding hydrogens is 268 g/mol. The van der Waals surface area contributed by atoms with Gasteiger partial charge in [-0.3, -0.25) is 9.59 Å². The predicted octanol–water partition coefficient (Wildman–Crippen LogP) is 3.95. The number of hydrogen-bond acceptors (Lipinski definition) is 3. The maximum atomic E-state index is 12.0. The lowest BCUT2D eigenvalue weighted by Gasteiger charge is -2.26. The number of hydrogen-bond donors (Lipinski definition) is 1. The molecule has 0 aromatic heterocycles. The van der Waals surface area contributed by atoms with Crippen molar-refractivity contribution in [3.63, 3.8) is 0 Å². The Bertz CT molecular complexity index is 349. The van der Waals surface area contributed by atoms with Crippen LogP contribution in [0.15, 0.2) is 12.2 Å². The fourth-order valence-corrected chi connectivity index (χ4v) is 2.81. The molecule has 0 radical (unpaired) electrons. The van der Waals surface area contributed by atoms with Crippen LogP contribution in [-0.4, -0.2) is 23.7 Å². The standard InChI is InChI=1S/C17H28O4/c1-2-3-4-5-6-7-10-13-21-17(20)15-12-9-8-11-14(15)16(18)19/h3-4,14-15H,2,5-13H2,1H3,(H,18,19)/b4-3+. The molecule has 2 unspecified atom stereocenters. The number of allylic oxidation sites excluding steroid dienone is 2. The van der Waals surface area contributed by atoms with E-state index < -0.39 is 17.8 Å². The van der Waals surface area contributed by atoms with Gasteiger partial charge in [-0.15, -0.1) is 0 Å². The highest BCUT2D eigenvalue weighted by Gasteiger charge is 2.36. The van der Waals surface area contributed by atoms with Gasteiger partial charge in [-0.05, 0) is 44.9 Å². The average molecular weight is 296 g/mol. The maximum Gasteiger partial charge on any atom is 0.309 e. The van der Waals surface area contributed by atoms with Gasteiger partial charge < -0.3 is 9.84 Å². The number of unbranched alkanes of at least 4 members (excludes halogenated alkanes) is 3. The van der Waals surface area contributed by atoms with E-state index in [1.807, 2.05) is 0 Å². The van der Waals surface area contributed by atoms with Crippen LogP contribution in [0, 0.1) is 11.8 Å². The third-order valence-corrected chi connectivity index (χ3v) is 4.05. The van der Waals surface area contributed by atoms with Crippen molar-refractivity contribution in [3.8, 4) is 0 Å². The second-order valence-electron chi connectivity index (χ2n) is 5.73. The van der Waals surface area contributed by atoms with Crippen LogP contribution >= 0.6 is 0 Å². The van der Waals surface area contributed by atoms with E-state index in [2.05, 4.69) is 19.1 Å². The average Bonchev–Trinajstić information content (AvgIpc) is 2.49. The fraction of sp³-hybridized carbons (Fsp3) is 0.765. The molecule has 0 saturated heterocycles. The number of carbonyl (C=O) groups excluding carboxylic acids is 1. The van der Waals surface area contributed by atoms with E-state index in [9.17, 15) is 9.59 Å². The van der Waals surface area contributed by atoms with Crippen LogP contribution in [-0.2, 0) is 14.3 Å². The van der Waals surface area contributed by atoms with Gasteiger partial charge in [-0.1, -0.05) is 31.9 Å². The van der Waals surface area contributed by atoms with Gasteiger partial charge in [-0.25, -0.2) is 0 Å². The van der Waals surface area contributed by atoms with Crippen LogP contribution in [0.1, 0.15) is 64.7 Å². The second kappa shape index (κ2) is 10.4. The zero-order chi connectivity index (χ0) is 15.5. The van der Waals surface area contributed by atoms with Crippen molar-refractivity contribution in [1.29, 1.82) is 0 Å². The highest BCUT2D eigenvalue weighted by Crippen LogP contribution is 2.31. The maximum absolute atomic E-state index is 12.0. The van der Waals surface area contributed by atoms with Gasteiger partial charge in [0.05, 0.1) is 18.4 Å². The fourth-order valence-electron chi connectivity index (χ4n) is 2.81. The minimum Gasteiger partial charge on any atom is -0.481 e. The monoisotopic (exact) mass is 296 g/mol. The van der Waals surface area contributed by atoms with E-state index in [-0.39, 0.29) is 5.97 Å². The number of rotatable bonds is 9. The van der Waals surface area contributed by atoms with Crippen molar-refractivity contribution < 1.29 is 19.4 Å². The molecule has 0 spiro atoms. The van der Waals surface area contributed by atoms with Crippen molar-refractivity contribution in [1.82, 2.24) is 0 Å². The lowest BCUT2D eigenvalue weighted by atomic mass is 9.79. The summed E-state index contributed by atoms with van der Waals surface area (Å²) in [5.41, 5.74) is 0. The van der Waals surface area contributed by atoms with Crippen molar-refractivity contribution in [3.05, 3.63) is 12.2 Å². The second-order valence-corrected chi connectivity index (χ2v) is 5.73. The first kappa shape index (κ1) is 17.7. The highest BCUT2D eigenvalue weighted by molar-refractivity contribution is 5.81. The molecule has 0 amide bonds. The number of carboxylic acids is 1. The summed E-state index contributed by atoms with van der Waals surface area (Å²) in [5, 5.41) is 9.16. The summed E-state index contributed by atoms with van der Waals surface area (Å²) in [5.74, 6) is -2.17. The van der Waals surface area contributed by atoms with Crippen LogP contribution in [0.3, 0.4) is 0 Å². The first-order chi connectivity index (χ1) is 10.2. The summed E-state index contributed by atoms with van der Waals surface area (Å²) in [7, 11) is 0. The lowest BCUT2D eigenvalue weighted by Crippen LogP contribution is -2.33. The van der Waals surface area contributed by atoms with E-state index in [1.165, 1.54) is 0 Å². The molecule has 4 nitrogen and oxygen atoms in total. The first-order valence-corrected chi connectivity index (χ1v) is 8.21. The quantitative estimate of drug-likeness (QED) is 0.397. The molecule has 4 heteroatoms. The largest absolute Gasteiger partial charge is 0.481 e. The Labute approximate surface area is 127 Å². The Kier molecular flexibility index (Phi) is 8.79. The summed E-state index contributed by atoms with van der Waals surface area (Å²) in [6, 6.07) is 0. The highest BCUT2D eigenvalue weighted by atomic mass is 16.5. The lowest BCUT2D eigenvalue weighted by molar-refractivity contribution is -0.159. The topological polar surface area (TPSA) is 63.6 Å². The summed E-state index contributed by atoms with van der Waals surface area (Å²) < 4.78 is 5.27. The van der Waals surface area contributed by atoms with Crippen LogP contribution in [0.25, 0.3) is 0 Å². The SMILES string of the molecule is CC/C=C/CCCCCOC(=O)C1CCCCC1C(=O)O. The van der Waals surface area contributed by atoms with Crippen LogP contribution in [0.5, 0.6) is 0 Å². The van der Waals surface area contributed by atoms with Crippen LogP contribution < -0.4 is 0 Å². The van der Waals surface area contributed by atoms with Crippen molar-refractivity contribution >= 4 is 11.9 Å². The minimum atomic E-state index is -0.862. The number of carbonyl (C=O) groups is 2. The Hall–Kier alpha value is -1.32. The van der Waals surface area contributed by atoms with Gasteiger partial charge in [0.25, 0.3) is 0 Å². The molecule has 0 bridgehead atoms. The summed E-state index contributed by atoms with van der Waals surface area (Å²) in [6.45, 7) is 2.53. The summed E-state index contributed by atoms with van der Waals surface area (Å²) in [6.07, 6.45) is 12.6. The molecule has 0 aromatic carbocycles. The molecule has 1 aliphatic carbocycles. The molecule has 1 aliphatic rings. The summed E-state index contributed by atoms with van der Waals surface area (Å²) >= 11 is 0. The smallest absolute Gasteiger partial charge is 0.309 e. The van der Waals surface area contributed by atoms with Crippen molar-refractivity contribution in [2.45, 2.75) is 64.7 Å². The Morgan fingerprint density at radius 3 is 2.48 bits per heavy atom. The number of carboxylic acid groups (broad SMARTS) is 1. The molecule has 1 fully saturated rings. The van der Waals surface area contributed by atoms with Gasteiger partial charge in [-0.2, -0.15) is 0 Å². The third-order valence-electron chi connectivity index (χ3n) is 4.05. The van der Waals surface area contributed by atoms with Crippen molar-refractivity contribution in [2.24, 2.45) is 11.8 Å². The Balaban J connectivity index is 2.17. The van der Waals surface area contributed by atoms with Gasteiger partial charge in [0.1, 0.15) is 0 Å². The molecule has 120 valence electrons. The zero-order valence-electron chi connectivity index (χ0n) is 13.1. The molecule has 1 N–H and O–H groups in total. The molecule has 2 atom stereocenters. The first-order valence-electron chi connectivity index (χ1n) is 8.21. The molecule has 0 aliphatic heterocycles. The number of aliphatic carboxylic acids is 1. The summed E-state index contributed by atoms with van der Waals surface area (Å²) in [4.78, 5) is 23.1. The number of esters is 1. The van der Waals surface area contributed by atoms with Crippen molar-refractivity contribution in [2.75, 3.05) is 6.61 Å². The van der Waals surface area contributed by atoms with E-state index >= 15 is 0 Å². The predicted molar refractivity (Wildman–Crippen MR) is 81.9 cm³/mol. The van der Waals surface area contributed by atoms with Gasteiger partial charge in [0.15, 0.2) is 0 Å². The van der Waals surface area contributed by atoms with Gasteiger partial charge in [0.2, 0.25) is 0 Å². The molecule has 0 heterocycles. The minimum absolute atomic E-state index is 0.312. The molecule has 21 heavy (non-hydrogen) atoms. The third kappa shape index (κ3) is 6.78. The molecule has 1 saturated carbocycles. The zero-order valence-corrected chi connectivity index (χ0v) is 13.1. The molecular formula is C17H28O4. The Morgan fingerprint density at radius 2 is 1.81 bits per heavy atom. The number of ether oxygens (including phenoxy) is 1. The van der Waals surface area contributed by atoms with Gasteiger partial charge >= 0.3 is 11.9 Å².